The standard InChI is InChI=1S/C6H12O4/c1-4(9-3)6(8)10-5(2)7/h4,6,8H,1-3H3. The Balaban J connectivity index is 3.61. The van der Waals surface area contributed by atoms with Crippen LogP contribution in [0, 0.1) is 0 Å². The minimum atomic E-state index is -1.16. The van der Waals surface area contributed by atoms with E-state index in [9.17, 15) is 4.79 Å². The summed E-state index contributed by atoms with van der Waals surface area (Å²) in [4.78, 5) is 10.2. The van der Waals surface area contributed by atoms with Crippen molar-refractivity contribution < 1.29 is 19.4 Å². The van der Waals surface area contributed by atoms with Gasteiger partial charge in [0.05, 0.1) is 0 Å². The van der Waals surface area contributed by atoms with Crippen molar-refractivity contribution in [2.45, 2.75) is 26.2 Å². The van der Waals surface area contributed by atoms with E-state index in [1.165, 1.54) is 14.0 Å². The van der Waals surface area contributed by atoms with E-state index < -0.39 is 18.4 Å². The lowest BCUT2D eigenvalue weighted by atomic mass is 10.4. The summed E-state index contributed by atoms with van der Waals surface area (Å²) in [5.41, 5.74) is 0. The van der Waals surface area contributed by atoms with Gasteiger partial charge in [-0.3, -0.25) is 4.79 Å². The molecule has 0 amide bonds. The molecule has 0 spiro atoms. The average Bonchev–Trinajstić information content (AvgIpc) is 1.85. The van der Waals surface area contributed by atoms with Crippen molar-refractivity contribution in [2.75, 3.05) is 7.11 Å². The van der Waals surface area contributed by atoms with Gasteiger partial charge in [0.1, 0.15) is 6.10 Å². The van der Waals surface area contributed by atoms with Crippen molar-refractivity contribution >= 4 is 5.97 Å². The molecule has 4 nitrogen and oxygen atoms in total. The van der Waals surface area contributed by atoms with Crippen molar-refractivity contribution in [3.8, 4) is 0 Å². The summed E-state index contributed by atoms with van der Waals surface area (Å²) in [5.74, 6) is -0.517. The van der Waals surface area contributed by atoms with Crippen LogP contribution in [0.1, 0.15) is 13.8 Å². The van der Waals surface area contributed by atoms with Crippen LogP contribution in [0.4, 0.5) is 0 Å². The average molecular weight is 148 g/mol. The first-order chi connectivity index (χ1) is 4.57. The van der Waals surface area contributed by atoms with Gasteiger partial charge in [0.25, 0.3) is 0 Å². The molecule has 0 aromatic carbocycles. The number of aliphatic hydroxyl groups is 1. The number of esters is 1. The molecular formula is C6H12O4. The van der Waals surface area contributed by atoms with Crippen molar-refractivity contribution in [3.05, 3.63) is 0 Å². The second kappa shape index (κ2) is 4.24. The molecule has 2 atom stereocenters. The molecule has 2 unspecified atom stereocenters. The molecule has 10 heavy (non-hydrogen) atoms. The van der Waals surface area contributed by atoms with Crippen LogP contribution in [0.3, 0.4) is 0 Å². The number of hydrogen-bond donors (Lipinski definition) is 1. The molecule has 0 bridgehead atoms. The molecule has 0 radical (unpaired) electrons. The van der Waals surface area contributed by atoms with Crippen LogP contribution in [-0.2, 0) is 14.3 Å². The predicted molar refractivity (Wildman–Crippen MR) is 34.2 cm³/mol. The quantitative estimate of drug-likeness (QED) is 0.448. The van der Waals surface area contributed by atoms with E-state index in [0.717, 1.165) is 0 Å². The van der Waals surface area contributed by atoms with Gasteiger partial charge in [-0.25, -0.2) is 0 Å². The van der Waals surface area contributed by atoms with E-state index in [2.05, 4.69) is 9.47 Å². The Morgan fingerprint density at radius 2 is 2.10 bits per heavy atom. The van der Waals surface area contributed by atoms with Gasteiger partial charge in [-0.05, 0) is 6.92 Å². The van der Waals surface area contributed by atoms with Gasteiger partial charge in [-0.1, -0.05) is 0 Å². The zero-order valence-electron chi connectivity index (χ0n) is 6.33. The van der Waals surface area contributed by atoms with Crippen LogP contribution >= 0.6 is 0 Å². The van der Waals surface area contributed by atoms with Crippen LogP contribution in [0.15, 0.2) is 0 Å². The number of methoxy groups -OCH3 is 1. The van der Waals surface area contributed by atoms with Crippen molar-refractivity contribution in [3.63, 3.8) is 0 Å². The molecule has 1 N–H and O–H groups in total. The zero-order valence-corrected chi connectivity index (χ0v) is 6.33. The number of rotatable bonds is 3. The predicted octanol–water partition coefficient (Wildman–Crippen LogP) is -0.0972. The molecule has 0 rings (SSSR count). The Morgan fingerprint density at radius 1 is 1.60 bits per heavy atom. The van der Waals surface area contributed by atoms with Gasteiger partial charge >= 0.3 is 5.97 Å². The van der Waals surface area contributed by atoms with Crippen LogP contribution in [0.25, 0.3) is 0 Å². The smallest absolute Gasteiger partial charge is 0.305 e. The fraction of sp³-hybridized carbons (Fsp3) is 0.833. The summed E-state index contributed by atoms with van der Waals surface area (Å²) in [6, 6.07) is 0. The maximum atomic E-state index is 10.2. The highest BCUT2D eigenvalue weighted by molar-refractivity contribution is 5.66. The lowest BCUT2D eigenvalue weighted by Gasteiger charge is -2.15. The molecule has 4 heteroatoms. The van der Waals surface area contributed by atoms with E-state index >= 15 is 0 Å². The fourth-order valence-electron chi connectivity index (χ4n) is 0.382. The van der Waals surface area contributed by atoms with Gasteiger partial charge in [0, 0.05) is 14.0 Å². The SMILES string of the molecule is COC(C)C(O)OC(C)=O. The Hall–Kier alpha value is -0.610. The summed E-state index contributed by atoms with van der Waals surface area (Å²) in [7, 11) is 1.43. The van der Waals surface area contributed by atoms with Gasteiger partial charge in [-0.15, -0.1) is 0 Å². The summed E-state index contributed by atoms with van der Waals surface area (Å²) in [6.45, 7) is 2.83. The maximum absolute atomic E-state index is 10.2. The maximum Gasteiger partial charge on any atom is 0.305 e. The molecule has 0 heterocycles. The van der Waals surface area contributed by atoms with Crippen LogP contribution < -0.4 is 0 Å². The third-order valence-corrected chi connectivity index (χ3v) is 1.06. The van der Waals surface area contributed by atoms with Crippen molar-refractivity contribution in [1.82, 2.24) is 0 Å². The number of ether oxygens (including phenoxy) is 2. The summed E-state index contributed by atoms with van der Waals surface area (Å²) < 4.78 is 9.08. The third-order valence-electron chi connectivity index (χ3n) is 1.06. The Labute approximate surface area is 59.7 Å². The lowest BCUT2D eigenvalue weighted by Crippen LogP contribution is -2.29. The van der Waals surface area contributed by atoms with Gasteiger partial charge in [0.2, 0.25) is 6.29 Å². The van der Waals surface area contributed by atoms with Gasteiger partial charge in [-0.2, -0.15) is 0 Å². The van der Waals surface area contributed by atoms with Gasteiger partial charge < -0.3 is 14.6 Å². The van der Waals surface area contributed by atoms with E-state index in [4.69, 9.17) is 5.11 Å². The summed E-state index contributed by atoms with van der Waals surface area (Å²) in [6.07, 6.45) is -1.65. The number of carbonyl (C=O) groups is 1. The van der Waals surface area contributed by atoms with E-state index in [-0.39, 0.29) is 0 Å². The van der Waals surface area contributed by atoms with Crippen molar-refractivity contribution in [1.29, 1.82) is 0 Å². The molecule has 0 aliphatic carbocycles. The number of aliphatic hydroxyl groups excluding tert-OH is 1. The molecule has 0 fully saturated rings. The molecule has 0 saturated carbocycles. The first-order valence-electron chi connectivity index (χ1n) is 2.96. The molecule has 0 aromatic rings. The minimum absolute atomic E-state index is 0.483. The normalized spacial score (nSPS) is 16.0. The molecular weight excluding hydrogens is 136 g/mol. The minimum Gasteiger partial charge on any atom is -0.433 e. The molecule has 0 aromatic heterocycles. The largest absolute Gasteiger partial charge is 0.433 e. The number of hydrogen-bond acceptors (Lipinski definition) is 4. The summed E-state index contributed by atoms with van der Waals surface area (Å²) in [5, 5.41) is 8.92. The van der Waals surface area contributed by atoms with Gasteiger partial charge in [0.15, 0.2) is 0 Å². The van der Waals surface area contributed by atoms with E-state index in [1.54, 1.807) is 6.92 Å². The third kappa shape index (κ3) is 3.42. The van der Waals surface area contributed by atoms with Crippen LogP contribution in [0.5, 0.6) is 0 Å². The highest BCUT2D eigenvalue weighted by Gasteiger charge is 2.15. The van der Waals surface area contributed by atoms with E-state index in [1.807, 2.05) is 0 Å². The second-order valence-electron chi connectivity index (χ2n) is 1.94. The molecule has 60 valence electrons. The fourth-order valence-corrected chi connectivity index (χ4v) is 0.382. The summed E-state index contributed by atoms with van der Waals surface area (Å²) >= 11 is 0. The Kier molecular flexibility index (Phi) is 3.99. The zero-order chi connectivity index (χ0) is 8.15. The van der Waals surface area contributed by atoms with Crippen LogP contribution in [-0.4, -0.2) is 30.6 Å². The molecule has 0 saturated heterocycles. The van der Waals surface area contributed by atoms with E-state index in [0.29, 0.717) is 0 Å². The Morgan fingerprint density at radius 3 is 2.40 bits per heavy atom. The Bertz CT molecular complexity index is 112. The molecule has 0 aliphatic heterocycles. The highest BCUT2D eigenvalue weighted by atomic mass is 16.7. The highest BCUT2D eigenvalue weighted by Crippen LogP contribution is 1.98. The first-order valence-corrected chi connectivity index (χ1v) is 2.96. The lowest BCUT2D eigenvalue weighted by molar-refractivity contribution is -0.185. The molecule has 0 aliphatic rings. The van der Waals surface area contributed by atoms with Crippen LogP contribution in [0.2, 0.25) is 0 Å². The number of carbonyl (C=O) groups excluding carboxylic acids is 1. The first kappa shape index (κ1) is 9.39. The monoisotopic (exact) mass is 148 g/mol. The van der Waals surface area contributed by atoms with Crippen molar-refractivity contribution in [2.24, 2.45) is 0 Å². The topological polar surface area (TPSA) is 55.8 Å². The second-order valence-corrected chi connectivity index (χ2v) is 1.94.